The molecule has 2 aliphatic heterocycles. The Hall–Kier alpha value is -2.87. The second-order valence-electron chi connectivity index (χ2n) is 8.08. The van der Waals surface area contributed by atoms with Gasteiger partial charge in [-0.05, 0) is 62.1 Å². The first kappa shape index (κ1) is 20.4. The average Bonchev–Trinajstić information content (AvgIpc) is 2.93. The number of esters is 1. The van der Waals surface area contributed by atoms with E-state index in [0.29, 0.717) is 23.5 Å². The molecule has 0 saturated carbocycles. The van der Waals surface area contributed by atoms with E-state index in [9.17, 15) is 18.0 Å². The molecule has 30 heavy (non-hydrogen) atoms. The number of carbonyl (C=O) groups excluding carboxylic acids is 2. The average molecular weight is 429 g/mol. The Morgan fingerprint density at radius 3 is 2.60 bits per heavy atom. The van der Waals surface area contributed by atoms with Gasteiger partial charge in [-0.3, -0.25) is 13.9 Å². The van der Waals surface area contributed by atoms with Gasteiger partial charge in [-0.1, -0.05) is 18.2 Å². The minimum Gasteiger partial charge on any atom is -0.468 e. The van der Waals surface area contributed by atoms with Crippen LogP contribution in [0.1, 0.15) is 31.4 Å². The lowest BCUT2D eigenvalue weighted by Gasteiger charge is -2.30. The fourth-order valence-corrected chi connectivity index (χ4v) is 5.77. The van der Waals surface area contributed by atoms with Crippen LogP contribution in [0.2, 0.25) is 0 Å². The first-order valence-electron chi connectivity index (χ1n) is 9.82. The van der Waals surface area contributed by atoms with Gasteiger partial charge in [-0.25, -0.2) is 8.42 Å². The fourth-order valence-electron chi connectivity index (χ4n) is 4.20. The number of anilines is 2. The molecule has 0 saturated heterocycles. The molecule has 2 heterocycles. The molecule has 0 unspecified atom stereocenters. The van der Waals surface area contributed by atoms with Crippen molar-refractivity contribution in [2.75, 3.05) is 29.4 Å². The summed E-state index contributed by atoms with van der Waals surface area (Å²) < 4.78 is 33.1. The Kier molecular flexibility index (Phi) is 4.85. The molecular weight excluding hydrogens is 404 g/mol. The summed E-state index contributed by atoms with van der Waals surface area (Å²) in [6.07, 6.45) is 1.59. The third-order valence-corrected chi connectivity index (χ3v) is 7.69. The number of amides is 1. The van der Waals surface area contributed by atoms with Gasteiger partial charge < -0.3 is 9.64 Å². The quantitative estimate of drug-likeness (QED) is 0.699. The van der Waals surface area contributed by atoms with Gasteiger partial charge >= 0.3 is 5.97 Å². The maximum absolute atomic E-state index is 13.5. The van der Waals surface area contributed by atoms with E-state index < -0.39 is 21.4 Å². The maximum atomic E-state index is 13.5. The number of ether oxygens (including phenoxy) is 1. The summed E-state index contributed by atoms with van der Waals surface area (Å²) in [5.41, 5.74) is 1.88. The number of rotatable bonds is 4. The summed E-state index contributed by atoms with van der Waals surface area (Å²) in [6, 6.07) is 12.2. The van der Waals surface area contributed by atoms with E-state index in [0.717, 1.165) is 18.4 Å². The molecule has 7 nitrogen and oxygen atoms in total. The van der Waals surface area contributed by atoms with Crippen molar-refractivity contribution in [2.24, 2.45) is 0 Å². The highest BCUT2D eigenvalue weighted by molar-refractivity contribution is 7.92. The molecule has 4 rings (SSSR count). The van der Waals surface area contributed by atoms with Gasteiger partial charge in [0.15, 0.2) is 0 Å². The third-order valence-electron chi connectivity index (χ3n) is 5.88. The first-order chi connectivity index (χ1) is 14.2. The maximum Gasteiger partial charge on any atom is 0.325 e. The van der Waals surface area contributed by atoms with Crippen LogP contribution in [-0.2, 0) is 36.2 Å². The lowest BCUT2D eigenvalue weighted by atomic mass is 9.86. The number of benzene rings is 2. The van der Waals surface area contributed by atoms with Crippen LogP contribution < -0.4 is 9.21 Å². The van der Waals surface area contributed by atoms with Crippen LogP contribution in [0.25, 0.3) is 0 Å². The Morgan fingerprint density at radius 2 is 1.87 bits per heavy atom. The molecule has 2 aromatic carbocycles. The fraction of sp³-hybridized carbons (Fsp3) is 0.364. The summed E-state index contributed by atoms with van der Waals surface area (Å²) >= 11 is 0. The van der Waals surface area contributed by atoms with Crippen molar-refractivity contribution >= 4 is 33.3 Å². The predicted molar refractivity (Wildman–Crippen MR) is 113 cm³/mol. The van der Waals surface area contributed by atoms with Crippen molar-refractivity contribution in [1.29, 1.82) is 0 Å². The van der Waals surface area contributed by atoms with Gasteiger partial charge in [0.2, 0.25) is 5.91 Å². The molecular formula is C22H24N2O5S. The number of nitrogens with zero attached hydrogens (tertiary/aromatic N) is 2. The van der Waals surface area contributed by atoms with Crippen molar-refractivity contribution in [1.82, 2.24) is 0 Å². The molecule has 0 N–H and O–H groups in total. The topological polar surface area (TPSA) is 84.0 Å². The Balaban J connectivity index is 1.77. The van der Waals surface area contributed by atoms with E-state index in [4.69, 9.17) is 4.74 Å². The molecule has 2 aliphatic rings. The normalized spacial score (nSPS) is 17.5. The van der Waals surface area contributed by atoms with Gasteiger partial charge in [0.05, 0.1) is 23.1 Å². The van der Waals surface area contributed by atoms with Gasteiger partial charge in [-0.15, -0.1) is 0 Å². The lowest BCUT2D eigenvalue weighted by molar-refractivity contribution is -0.140. The molecule has 0 aromatic heterocycles. The summed E-state index contributed by atoms with van der Waals surface area (Å²) in [7, 11) is -2.53. The molecule has 0 atom stereocenters. The number of sulfonamides is 1. The molecule has 158 valence electrons. The first-order valence-corrected chi connectivity index (χ1v) is 11.3. The summed E-state index contributed by atoms with van der Waals surface area (Å²) in [5, 5.41) is 0. The second kappa shape index (κ2) is 7.12. The van der Waals surface area contributed by atoms with Crippen molar-refractivity contribution in [3.8, 4) is 0 Å². The number of hydrogen-bond donors (Lipinski definition) is 0. The number of carbonyl (C=O) groups is 2. The van der Waals surface area contributed by atoms with Crippen LogP contribution in [0.3, 0.4) is 0 Å². The van der Waals surface area contributed by atoms with E-state index >= 15 is 0 Å². The number of hydrogen-bond acceptors (Lipinski definition) is 5. The van der Waals surface area contributed by atoms with Crippen LogP contribution >= 0.6 is 0 Å². The highest BCUT2D eigenvalue weighted by Gasteiger charge is 2.45. The molecule has 0 fully saturated rings. The molecule has 8 heteroatoms. The summed E-state index contributed by atoms with van der Waals surface area (Å²) in [4.78, 5) is 26.2. The smallest absolute Gasteiger partial charge is 0.325 e. The van der Waals surface area contributed by atoms with Crippen LogP contribution in [0.15, 0.2) is 47.4 Å². The molecule has 0 aliphatic carbocycles. The van der Waals surface area contributed by atoms with E-state index in [1.54, 1.807) is 26.0 Å². The zero-order valence-corrected chi connectivity index (χ0v) is 18.0. The standard InChI is InChI=1S/C22H24N2O5S/c1-22(2)17-13-16(10-11-19(17)23(21(22)26)14-20(25)29-3)30(27,28)24-12-6-8-15-7-4-5-9-18(15)24/h4-5,7,9-11,13H,6,8,12,14H2,1-3H3. The summed E-state index contributed by atoms with van der Waals surface area (Å²) in [6.45, 7) is 3.67. The highest BCUT2D eigenvalue weighted by atomic mass is 32.2. The van der Waals surface area contributed by atoms with E-state index in [1.807, 2.05) is 24.3 Å². The monoisotopic (exact) mass is 428 g/mol. The molecule has 0 radical (unpaired) electrons. The van der Waals surface area contributed by atoms with Gasteiger partial charge in [0.1, 0.15) is 6.54 Å². The van der Waals surface area contributed by atoms with Gasteiger partial charge in [-0.2, -0.15) is 0 Å². The van der Waals surface area contributed by atoms with Crippen molar-refractivity contribution in [3.63, 3.8) is 0 Å². The van der Waals surface area contributed by atoms with E-state index in [2.05, 4.69) is 0 Å². The largest absolute Gasteiger partial charge is 0.468 e. The van der Waals surface area contributed by atoms with Crippen molar-refractivity contribution < 1.29 is 22.7 Å². The zero-order valence-electron chi connectivity index (χ0n) is 17.2. The van der Waals surface area contributed by atoms with Crippen molar-refractivity contribution in [2.45, 2.75) is 37.0 Å². The predicted octanol–water partition coefficient (Wildman–Crippen LogP) is 2.63. The minimum atomic E-state index is -3.80. The van der Waals surface area contributed by atoms with Crippen LogP contribution in [0, 0.1) is 0 Å². The number of aryl methyl sites for hydroxylation is 1. The lowest BCUT2D eigenvalue weighted by Crippen LogP contribution is -2.39. The van der Waals surface area contributed by atoms with Gasteiger partial charge in [0, 0.05) is 12.2 Å². The van der Waals surface area contributed by atoms with Crippen LogP contribution in [0.5, 0.6) is 0 Å². The highest BCUT2D eigenvalue weighted by Crippen LogP contribution is 2.43. The Morgan fingerprint density at radius 1 is 1.13 bits per heavy atom. The molecule has 0 spiro atoms. The summed E-state index contributed by atoms with van der Waals surface area (Å²) in [5.74, 6) is -0.797. The number of methoxy groups -OCH3 is 1. The van der Waals surface area contributed by atoms with E-state index in [-0.39, 0.29) is 17.3 Å². The molecule has 2 aromatic rings. The minimum absolute atomic E-state index is 0.138. The third kappa shape index (κ3) is 3.06. The molecule has 0 bridgehead atoms. The van der Waals surface area contributed by atoms with Crippen LogP contribution in [0.4, 0.5) is 11.4 Å². The number of fused-ring (bicyclic) bond motifs is 2. The zero-order chi connectivity index (χ0) is 21.7. The SMILES string of the molecule is COC(=O)CN1C(=O)C(C)(C)c2cc(S(=O)(=O)N3CCCc4ccccc43)ccc21. The van der Waals surface area contributed by atoms with Crippen molar-refractivity contribution in [3.05, 3.63) is 53.6 Å². The molecule has 1 amide bonds. The Bertz CT molecular complexity index is 1140. The van der Waals surface area contributed by atoms with E-state index in [1.165, 1.54) is 22.4 Å². The Labute approximate surface area is 176 Å². The number of para-hydroxylation sites is 1. The van der Waals surface area contributed by atoms with Gasteiger partial charge in [0.25, 0.3) is 10.0 Å². The second-order valence-corrected chi connectivity index (χ2v) is 9.94. The van der Waals surface area contributed by atoms with Crippen LogP contribution in [-0.4, -0.2) is 40.5 Å².